The van der Waals surface area contributed by atoms with Crippen LogP contribution >= 0.6 is 0 Å². The van der Waals surface area contributed by atoms with Gasteiger partial charge < -0.3 is 5.32 Å². The highest BCUT2D eigenvalue weighted by Gasteiger charge is 2.23. The van der Waals surface area contributed by atoms with E-state index >= 15 is 0 Å². The smallest absolute Gasteiger partial charge is 0.245 e. The van der Waals surface area contributed by atoms with Crippen molar-refractivity contribution in [3.05, 3.63) is 12.4 Å². The number of hydrogen-bond acceptors (Lipinski definition) is 4. The van der Waals surface area contributed by atoms with Gasteiger partial charge in [-0.1, -0.05) is 34.1 Å². The van der Waals surface area contributed by atoms with E-state index in [1.165, 1.54) is 10.5 Å². The van der Waals surface area contributed by atoms with Gasteiger partial charge in [0.1, 0.15) is 4.90 Å². The third-order valence-electron chi connectivity index (χ3n) is 3.48. The van der Waals surface area contributed by atoms with E-state index in [2.05, 4.69) is 31.2 Å². The van der Waals surface area contributed by atoms with E-state index in [1.54, 1.807) is 17.9 Å². The van der Waals surface area contributed by atoms with E-state index in [0.717, 1.165) is 13.0 Å². The molecule has 0 aromatic carbocycles. The van der Waals surface area contributed by atoms with Crippen LogP contribution < -0.4 is 5.32 Å². The maximum Gasteiger partial charge on any atom is 0.245 e. The predicted molar refractivity (Wildman–Crippen MR) is 84.6 cm³/mol. The van der Waals surface area contributed by atoms with Crippen LogP contribution in [0.1, 0.15) is 34.1 Å². The summed E-state index contributed by atoms with van der Waals surface area (Å²) in [4.78, 5) is 0.262. The van der Waals surface area contributed by atoms with Crippen molar-refractivity contribution < 1.29 is 8.42 Å². The van der Waals surface area contributed by atoms with Crippen molar-refractivity contribution in [2.45, 2.75) is 51.6 Å². The summed E-state index contributed by atoms with van der Waals surface area (Å²) in [6.07, 6.45) is 3.99. The second-order valence-electron chi connectivity index (χ2n) is 5.85. The van der Waals surface area contributed by atoms with Crippen LogP contribution in [0.5, 0.6) is 0 Å². The summed E-state index contributed by atoms with van der Waals surface area (Å²) in [6, 6.07) is 0.408. The molecular formula is C14H28N4O2S. The third-order valence-corrected chi connectivity index (χ3v) is 5.25. The molecule has 0 saturated carbocycles. The molecule has 21 heavy (non-hydrogen) atoms. The molecule has 1 rings (SSSR count). The number of nitrogens with zero attached hydrogens (tertiary/aromatic N) is 3. The number of nitrogens with one attached hydrogen (secondary N) is 1. The molecule has 0 saturated heterocycles. The van der Waals surface area contributed by atoms with E-state index in [1.807, 2.05) is 6.92 Å². The number of rotatable bonds is 9. The van der Waals surface area contributed by atoms with Crippen LogP contribution in [0.15, 0.2) is 17.3 Å². The standard InChI is InChI=1S/C14H28N4O2S/c1-6-13(4)10-17(5)21(19,20)14-9-16-18(11-14)8-7-15-12(2)3/h9,11-13,15H,6-8,10H2,1-5H3. The molecule has 1 atom stereocenters. The van der Waals surface area contributed by atoms with Crippen molar-refractivity contribution in [3.8, 4) is 0 Å². The largest absolute Gasteiger partial charge is 0.313 e. The Morgan fingerprint density at radius 2 is 2.05 bits per heavy atom. The fourth-order valence-electron chi connectivity index (χ4n) is 1.91. The monoisotopic (exact) mass is 316 g/mol. The van der Waals surface area contributed by atoms with Gasteiger partial charge in [0.05, 0.1) is 12.7 Å². The minimum Gasteiger partial charge on any atom is -0.313 e. The van der Waals surface area contributed by atoms with Gasteiger partial charge in [-0.3, -0.25) is 4.68 Å². The van der Waals surface area contributed by atoms with Gasteiger partial charge in [-0.05, 0) is 5.92 Å². The van der Waals surface area contributed by atoms with Gasteiger partial charge in [0, 0.05) is 32.4 Å². The summed E-state index contributed by atoms with van der Waals surface area (Å²) < 4.78 is 27.9. The lowest BCUT2D eigenvalue weighted by molar-refractivity contribution is 0.393. The Bertz CT molecular complexity index is 525. The SMILES string of the molecule is CCC(C)CN(C)S(=O)(=O)c1cnn(CCNC(C)C)c1. The van der Waals surface area contributed by atoms with Crippen LogP contribution in [-0.2, 0) is 16.6 Å². The maximum absolute atomic E-state index is 12.4. The van der Waals surface area contributed by atoms with E-state index < -0.39 is 10.0 Å². The number of sulfonamides is 1. The van der Waals surface area contributed by atoms with E-state index in [9.17, 15) is 8.42 Å². The highest BCUT2D eigenvalue weighted by Crippen LogP contribution is 2.15. The average Bonchev–Trinajstić information content (AvgIpc) is 2.87. The molecule has 0 spiro atoms. The van der Waals surface area contributed by atoms with Gasteiger partial charge >= 0.3 is 0 Å². The number of hydrogen-bond donors (Lipinski definition) is 1. The Hall–Kier alpha value is -0.920. The van der Waals surface area contributed by atoms with Crippen molar-refractivity contribution in [2.24, 2.45) is 5.92 Å². The molecule has 0 aliphatic heterocycles. The van der Waals surface area contributed by atoms with Crippen molar-refractivity contribution >= 4 is 10.0 Å². The van der Waals surface area contributed by atoms with E-state index in [-0.39, 0.29) is 4.90 Å². The summed E-state index contributed by atoms with van der Waals surface area (Å²) >= 11 is 0. The fourth-order valence-corrected chi connectivity index (χ4v) is 3.16. The molecule has 0 aliphatic rings. The van der Waals surface area contributed by atoms with Gasteiger partial charge in [0.2, 0.25) is 10.0 Å². The average molecular weight is 316 g/mol. The lowest BCUT2D eigenvalue weighted by Crippen LogP contribution is -2.30. The molecule has 1 N–H and O–H groups in total. The molecule has 0 fully saturated rings. The Morgan fingerprint density at radius 1 is 1.38 bits per heavy atom. The van der Waals surface area contributed by atoms with Crippen LogP contribution in [0, 0.1) is 5.92 Å². The first kappa shape index (κ1) is 18.1. The minimum absolute atomic E-state index is 0.262. The van der Waals surface area contributed by atoms with Crippen molar-refractivity contribution in [1.29, 1.82) is 0 Å². The third kappa shape index (κ3) is 5.41. The van der Waals surface area contributed by atoms with E-state index in [0.29, 0.717) is 25.0 Å². The normalized spacial score (nSPS) is 14.0. The first-order chi connectivity index (χ1) is 9.77. The molecule has 1 unspecified atom stereocenters. The lowest BCUT2D eigenvalue weighted by atomic mass is 10.1. The molecule has 0 amide bonds. The van der Waals surface area contributed by atoms with Crippen molar-refractivity contribution in [3.63, 3.8) is 0 Å². The molecule has 0 radical (unpaired) electrons. The highest BCUT2D eigenvalue weighted by molar-refractivity contribution is 7.89. The Kier molecular flexibility index (Phi) is 6.83. The number of aromatic nitrogens is 2. The molecule has 0 aliphatic carbocycles. The van der Waals surface area contributed by atoms with Gasteiger partial charge in [-0.2, -0.15) is 5.10 Å². The summed E-state index contributed by atoms with van der Waals surface area (Å²) in [6.45, 7) is 10.2. The maximum atomic E-state index is 12.4. The van der Waals surface area contributed by atoms with Gasteiger partial charge in [0.15, 0.2) is 0 Å². The lowest BCUT2D eigenvalue weighted by Gasteiger charge is -2.19. The summed E-state index contributed by atoms with van der Waals surface area (Å²) in [7, 11) is -1.81. The fraction of sp³-hybridized carbons (Fsp3) is 0.786. The van der Waals surface area contributed by atoms with E-state index in [4.69, 9.17) is 0 Å². The van der Waals surface area contributed by atoms with Crippen LogP contribution in [0.3, 0.4) is 0 Å². The van der Waals surface area contributed by atoms with Crippen LogP contribution in [-0.4, -0.2) is 48.7 Å². The minimum atomic E-state index is -3.44. The molecule has 7 heteroatoms. The second kappa shape index (κ2) is 7.91. The van der Waals surface area contributed by atoms with Crippen molar-refractivity contribution in [1.82, 2.24) is 19.4 Å². The Balaban J connectivity index is 2.69. The zero-order valence-corrected chi connectivity index (χ0v) is 14.5. The highest BCUT2D eigenvalue weighted by atomic mass is 32.2. The molecule has 1 aromatic heterocycles. The molecule has 1 aromatic rings. The summed E-state index contributed by atoms with van der Waals surface area (Å²) in [5, 5.41) is 7.41. The molecule has 1 heterocycles. The van der Waals surface area contributed by atoms with Crippen LogP contribution in [0.25, 0.3) is 0 Å². The van der Waals surface area contributed by atoms with Crippen LogP contribution in [0.4, 0.5) is 0 Å². The zero-order chi connectivity index (χ0) is 16.0. The molecular weight excluding hydrogens is 288 g/mol. The van der Waals surface area contributed by atoms with Crippen molar-refractivity contribution in [2.75, 3.05) is 20.1 Å². The van der Waals surface area contributed by atoms with Crippen LogP contribution in [0.2, 0.25) is 0 Å². The first-order valence-electron chi connectivity index (χ1n) is 7.49. The quantitative estimate of drug-likeness (QED) is 0.750. The summed E-state index contributed by atoms with van der Waals surface area (Å²) in [5.74, 6) is 0.343. The van der Waals surface area contributed by atoms with Gasteiger partial charge in [-0.15, -0.1) is 0 Å². The van der Waals surface area contributed by atoms with Gasteiger partial charge in [-0.25, -0.2) is 12.7 Å². The second-order valence-corrected chi connectivity index (χ2v) is 7.89. The summed E-state index contributed by atoms with van der Waals surface area (Å²) in [5.41, 5.74) is 0. The predicted octanol–water partition coefficient (Wildman–Crippen LogP) is 1.55. The molecule has 0 bridgehead atoms. The van der Waals surface area contributed by atoms with Gasteiger partial charge in [0.25, 0.3) is 0 Å². The molecule has 6 nitrogen and oxygen atoms in total. The Labute approximate surface area is 128 Å². The Morgan fingerprint density at radius 3 is 2.62 bits per heavy atom. The molecule has 122 valence electrons. The topological polar surface area (TPSA) is 67.2 Å². The zero-order valence-electron chi connectivity index (χ0n) is 13.7. The first-order valence-corrected chi connectivity index (χ1v) is 8.93.